The topological polar surface area (TPSA) is 189 Å². The molecule has 0 aliphatic rings. The lowest BCUT2D eigenvalue weighted by molar-refractivity contribution is -0.768. The summed E-state index contributed by atoms with van der Waals surface area (Å²) in [4.78, 5) is 45.5. The van der Waals surface area contributed by atoms with Gasteiger partial charge in [0.05, 0.1) is 36.4 Å². The molecule has 1 unspecified atom stereocenters. The van der Waals surface area contributed by atoms with Gasteiger partial charge >= 0.3 is 5.97 Å². The van der Waals surface area contributed by atoms with Crippen molar-refractivity contribution in [1.82, 2.24) is 35.5 Å². The van der Waals surface area contributed by atoms with Crippen molar-refractivity contribution in [2.75, 3.05) is 19.8 Å². The number of imidazole rings is 1. The van der Waals surface area contributed by atoms with Crippen LogP contribution < -0.4 is 10.1 Å². The summed E-state index contributed by atoms with van der Waals surface area (Å²) in [6.45, 7) is 4.23. The molecule has 0 radical (unpaired) electrons. The predicted octanol–water partition coefficient (Wildman–Crippen LogP) is 4.76. The fourth-order valence-electron chi connectivity index (χ4n) is 5.32. The highest BCUT2D eigenvalue weighted by Gasteiger charge is 2.20. The molecular formula is C33H36N8O7. The third kappa shape index (κ3) is 8.29. The number of hydrogen-bond donors (Lipinski definition) is 2. The molecule has 250 valence electrons. The van der Waals surface area contributed by atoms with Gasteiger partial charge in [-0.3, -0.25) is 14.2 Å². The molecule has 0 spiro atoms. The highest BCUT2D eigenvalue weighted by molar-refractivity contribution is 6.06. The molecule has 1 amide bonds. The van der Waals surface area contributed by atoms with E-state index in [0.29, 0.717) is 67.3 Å². The summed E-state index contributed by atoms with van der Waals surface area (Å²) >= 11 is 0. The van der Waals surface area contributed by atoms with Gasteiger partial charge in [-0.25, -0.2) is 0 Å². The number of esters is 1. The van der Waals surface area contributed by atoms with Crippen LogP contribution in [-0.4, -0.2) is 73.0 Å². The Labute approximate surface area is 275 Å². The van der Waals surface area contributed by atoms with E-state index in [4.69, 9.17) is 9.47 Å². The van der Waals surface area contributed by atoms with Gasteiger partial charge in [-0.15, -0.1) is 20.3 Å². The maximum atomic E-state index is 13.4. The van der Waals surface area contributed by atoms with Crippen molar-refractivity contribution in [1.29, 1.82) is 0 Å². The number of rotatable bonds is 17. The SMILES string of the molecule is CCOc1nc2cccc(C(=O)NCC(=O)OCCCCC(CC)O[N+](=O)[O-])c2n1Cc1ccc(-c2ccccc2-c2nn[nH]n2)cc1. The maximum Gasteiger partial charge on any atom is 0.325 e. The lowest BCUT2D eigenvalue weighted by atomic mass is 9.98. The molecule has 0 saturated carbocycles. The molecular weight excluding hydrogens is 620 g/mol. The van der Waals surface area contributed by atoms with Gasteiger partial charge in [-0.1, -0.05) is 61.5 Å². The number of carbonyl (C=O) groups is 2. The minimum atomic E-state index is -0.791. The second kappa shape index (κ2) is 16.1. The number of aromatic amines is 1. The Morgan fingerprint density at radius 3 is 2.52 bits per heavy atom. The van der Waals surface area contributed by atoms with E-state index in [2.05, 4.69) is 35.8 Å². The Hall–Kier alpha value is -5.86. The van der Waals surface area contributed by atoms with Crippen molar-refractivity contribution >= 4 is 22.9 Å². The van der Waals surface area contributed by atoms with Crippen molar-refractivity contribution in [3.05, 3.63) is 88.0 Å². The van der Waals surface area contributed by atoms with Crippen molar-refractivity contribution in [3.8, 4) is 28.5 Å². The Morgan fingerprint density at radius 1 is 1.02 bits per heavy atom. The van der Waals surface area contributed by atoms with Crippen molar-refractivity contribution in [2.24, 2.45) is 0 Å². The number of ether oxygens (including phenoxy) is 2. The van der Waals surface area contributed by atoms with Crippen LogP contribution in [0.1, 0.15) is 55.5 Å². The number of para-hydroxylation sites is 1. The average Bonchev–Trinajstić information content (AvgIpc) is 3.75. The molecule has 0 aliphatic carbocycles. The van der Waals surface area contributed by atoms with Crippen LogP contribution >= 0.6 is 0 Å². The molecule has 0 aliphatic heterocycles. The summed E-state index contributed by atoms with van der Waals surface area (Å²) in [6, 6.07) is 21.4. The van der Waals surface area contributed by atoms with E-state index >= 15 is 0 Å². The minimum absolute atomic E-state index is 0.130. The number of H-pyrrole nitrogens is 1. The number of hydrogen-bond acceptors (Lipinski definition) is 11. The molecule has 48 heavy (non-hydrogen) atoms. The van der Waals surface area contributed by atoms with Gasteiger partial charge in [-0.05, 0) is 66.6 Å². The van der Waals surface area contributed by atoms with Gasteiger partial charge in [0.25, 0.3) is 17.0 Å². The highest BCUT2D eigenvalue weighted by Crippen LogP contribution is 2.31. The van der Waals surface area contributed by atoms with Gasteiger partial charge < -0.3 is 19.6 Å². The van der Waals surface area contributed by atoms with Crippen LogP contribution in [0.4, 0.5) is 0 Å². The number of fused-ring (bicyclic) bond motifs is 1. The largest absolute Gasteiger partial charge is 0.465 e. The van der Waals surface area contributed by atoms with E-state index < -0.39 is 23.1 Å². The van der Waals surface area contributed by atoms with Crippen molar-refractivity contribution in [2.45, 2.75) is 52.2 Å². The van der Waals surface area contributed by atoms with Crippen LogP contribution in [0, 0.1) is 10.1 Å². The number of amides is 1. The summed E-state index contributed by atoms with van der Waals surface area (Å²) in [5.41, 5.74) is 5.21. The first-order valence-electron chi connectivity index (χ1n) is 15.7. The number of carbonyl (C=O) groups excluding carboxylic acids is 2. The number of tetrazole rings is 1. The predicted molar refractivity (Wildman–Crippen MR) is 174 cm³/mol. The number of aromatic nitrogens is 6. The van der Waals surface area contributed by atoms with E-state index in [9.17, 15) is 19.7 Å². The quantitative estimate of drug-likeness (QED) is 0.0607. The van der Waals surface area contributed by atoms with E-state index in [1.54, 1.807) is 25.1 Å². The van der Waals surface area contributed by atoms with Crippen LogP contribution in [0.15, 0.2) is 66.7 Å². The first kappa shape index (κ1) is 33.5. The average molecular weight is 657 g/mol. The first-order valence-corrected chi connectivity index (χ1v) is 15.7. The summed E-state index contributed by atoms with van der Waals surface area (Å²) in [7, 11) is 0. The lowest BCUT2D eigenvalue weighted by Gasteiger charge is -2.13. The summed E-state index contributed by atoms with van der Waals surface area (Å²) in [6.07, 6.45) is 1.61. The summed E-state index contributed by atoms with van der Waals surface area (Å²) < 4.78 is 13.0. The molecule has 5 rings (SSSR count). The van der Waals surface area contributed by atoms with Gasteiger partial charge in [0, 0.05) is 5.56 Å². The molecule has 1 atom stereocenters. The molecule has 0 fully saturated rings. The third-order valence-corrected chi connectivity index (χ3v) is 7.64. The monoisotopic (exact) mass is 656 g/mol. The molecule has 2 N–H and O–H groups in total. The fourth-order valence-corrected chi connectivity index (χ4v) is 5.32. The van der Waals surface area contributed by atoms with Crippen molar-refractivity contribution in [3.63, 3.8) is 0 Å². The number of benzene rings is 3. The van der Waals surface area contributed by atoms with Gasteiger partial charge in [0.1, 0.15) is 12.6 Å². The van der Waals surface area contributed by atoms with Gasteiger partial charge in [-0.2, -0.15) is 10.2 Å². The molecule has 5 aromatic rings. The normalized spacial score (nSPS) is 11.6. The molecule has 0 bridgehead atoms. The third-order valence-electron chi connectivity index (χ3n) is 7.64. The van der Waals surface area contributed by atoms with E-state index in [-0.39, 0.29) is 13.2 Å². The van der Waals surface area contributed by atoms with E-state index in [1.807, 2.05) is 60.0 Å². The van der Waals surface area contributed by atoms with Crippen LogP contribution in [0.25, 0.3) is 33.5 Å². The van der Waals surface area contributed by atoms with Crippen molar-refractivity contribution < 1.29 is 29.0 Å². The standard InChI is InChI=1S/C33H36N8O7/c1-3-24(48-41(44)45)10-7-8-19-47-29(42)20-34-32(43)27-13-9-14-28-30(27)40(33(35-28)46-4-2)21-22-15-17-23(18-16-22)25-11-5-6-12-26(25)31-36-38-39-37-31/h5-6,9,11-18,24H,3-4,7-8,10,19-21H2,1-2H3,(H,34,43)(H,36,37,38,39). The van der Waals surface area contributed by atoms with E-state index in [0.717, 1.165) is 22.3 Å². The number of nitrogens with one attached hydrogen (secondary N) is 2. The maximum absolute atomic E-state index is 13.4. The molecule has 3 aromatic carbocycles. The molecule has 2 heterocycles. The Bertz CT molecular complexity index is 1840. The number of nitrogens with zero attached hydrogens (tertiary/aromatic N) is 6. The summed E-state index contributed by atoms with van der Waals surface area (Å²) in [5, 5.41) is 26.8. The van der Waals surface area contributed by atoms with Gasteiger partial charge in [0.2, 0.25) is 5.82 Å². The highest BCUT2D eigenvalue weighted by atomic mass is 17.0. The Morgan fingerprint density at radius 2 is 1.81 bits per heavy atom. The van der Waals surface area contributed by atoms with E-state index in [1.165, 1.54) is 0 Å². The van der Waals surface area contributed by atoms with Crippen LogP contribution in [-0.2, 0) is 20.9 Å². The minimum Gasteiger partial charge on any atom is -0.465 e. The van der Waals surface area contributed by atoms with Crippen LogP contribution in [0.5, 0.6) is 6.01 Å². The Balaban J connectivity index is 1.26. The lowest BCUT2D eigenvalue weighted by Crippen LogP contribution is -2.31. The molecule has 15 heteroatoms. The molecule has 15 nitrogen and oxygen atoms in total. The summed E-state index contributed by atoms with van der Waals surface area (Å²) in [5.74, 6) is -0.547. The zero-order valence-electron chi connectivity index (χ0n) is 26.6. The van der Waals surface area contributed by atoms with Crippen LogP contribution in [0.3, 0.4) is 0 Å². The fraction of sp³-hybridized carbons (Fsp3) is 0.333. The first-order chi connectivity index (χ1) is 23.4. The zero-order chi connectivity index (χ0) is 33.9. The molecule has 0 saturated heterocycles. The smallest absolute Gasteiger partial charge is 0.325 e. The second-order valence-electron chi connectivity index (χ2n) is 10.8. The Kier molecular flexibility index (Phi) is 11.2. The second-order valence-corrected chi connectivity index (χ2v) is 10.8. The molecule has 2 aromatic heterocycles. The van der Waals surface area contributed by atoms with Gasteiger partial charge in [0.15, 0.2) is 0 Å². The number of unbranched alkanes of at least 4 members (excludes halogenated alkanes) is 1. The van der Waals surface area contributed by atoms with Crippen LogP contribution in [0.2, 0.25) is 0 Å². The zero-order valence-corrected chi connectivity index (χ0v) is 26.6.